The van der Waals surface area contributed by atoms with Gasteiger partial charge in [-0.1, -0.05) is 25.8 Å². The summed E-state index contributed by atoms with van der Waals surface area (Å²) >= 11 is 0. The summed E-state index contributed by atoms with van der Waals surface area (Å²) in [7, 11) is 0. The van der Waals surface area contributed by atoms with Crippen LogP contribution in [0.3, 0.4) is 0 Å². The van der Waals surface area contributed by atoms with E-state index in [1.54, 1.807) is 19.1 Å². The average Bonchev–Trinajstić information content (AvgIpc) is 2.29. The van der Waals surface area contributed by atoms with Crippen LogP contribution in [-0.4, -0.2) is 17.7 Å². The zero-order valence-corrected chi connectivity index (χ0v) is 10.5. The third-order valence-electron chi connectivity index (χ3n) is 2.63. The second-order valence-electron chi connectivity index (χ2n) is 4.03. The van der Waals surface area contributed by atoms with Gasteiger partial charge in [-0.3, -0.25) is 0 Å². The zero-order valence-electron chi connectivity index (χ0n) is 10.5. The lowest BCUT2D eigenvalue weighted by Gasteiger charge is -2.06. The molecule has 1 rings (SSSR count). The van der Waals surface area contributed by atoms with Crippen LogP contribution in [0, 0.1) is 0 Å². The van der Waals surface area contributed by atoms with Crippen LogP contribution in [0.25, 0.3) is 0 Å². The number of ether oxygens (including phenoxy) is 1. The predicted octanol–water partition coefficient (Wildman–Crippen LogP) is 3.30. The summed E-state index contributed by atoms with van der Waals surface area (Å²) in [5.41, 5.74) is 1.30. The van der Waals surface area contributed by atoms with Gasteiger partial charge in [0.15, 0.2) is 0 Å². The molecule has 0 radical (unpaired) electrons. The Bertz CT molecular complexity index is 372. The Morgan fingerprint density at radius 2 is 2.06 bits per heavy atom. The normalized spacial score (nSPS) is 10.2. The van der Waals surface area contributed by atoms with Gasteiger partial charge in [-0.2, -0.15) is 0 Å². The fraction of sp³-hybridized carbons (Fsp3) is 0.500. The highest BCUT2D eigenvalue weighted by Gasteiger charge is 2.12. The Morgan fingerprint density at radius 1 is 1.29 bits per heavy atom. The molecule has 94 valence electrons. The van der Waals surface area contributed by atoms with Crippen LogP contribution in [-0.2, 0) is 11.2 Å². The number of carbonyl (C=O) groups excluding carboxylic acids is 1. The Morgan fingerprint density at radius 3 is 2.65 bits per heavy atom. The fourth-order valence-corrected chi connectivity index (χ4v) is 1.69. The molecule has 0 saturated carbocycles. The van der Waals surface area contributed by atoms with Crippen LogP contribution >= 0.6 is 0 Å². The van der Waals surface area contributed by atoms with E-state index in [1.165, 1.54) is 12.8 Å². The second kappa shape index (κ2) is 6.94. The van der Waals surface area contributed by atoms with Crippen LogP contribution in [0.2, 0.25) is 0 Å². The molecule has 0 aliphatic heterocycles. The van der Waals surface area contributed by atoms with E-state index in [0.29, 0.717) is 6.61 Å². The van der Waals surface area contributed by atoms with E-state index in [0.717, 1.165) is 18.4 Å². The molecule has 3 heteroatoms. The highest BCUT2D eigenvalue weighted by molar-refractivity contribution is 5.92. The summed E-state index contributed by atoms with van der Waals surface area (Å²) in [6, 6.07) is 5.16. The molecule has 0 amide bonds. The summed E-state index contributed by atoms with van der Waals surface area (Å²) in [5.74, 6) is -0.456. The van der Waals surface area contributed by atoms with E-state index in [2.05, 4.69) is 6.92 Å². The van der Waals surface area contributed by atoms with Crippen molar-refractivity contribution in [2.75, 3.05) is 6.61 Å². The maximum Gasteiger partial charge on any atom is 0.341 e. The molecule has 1 aromatic rings. The fourth-order valence-electron chi connectivity index (χ4n) is 1.69. The number of rotatable bonds is 6. The molecule has 0 fully saturated rings. The highest BCUT2D eigenvalue weighted by atomic mass is 16.5. The number of aryl methyl sites for hydroxylation is 1. The number of phenolic OH excluding ortho intramolecular Hbond substituents is 1. The first-order valence-electron chi connectivity index (χ1n) is 6.18. The average molecular weight is 236 g/mol. The molecule has 1 aromatic carbocycles. The van der Waals surface area contributed by atoms with E-state index >= 15 is 0 Å². The minimum absolute atomic E-state index is 0.0115. The lowest BCUT2D eigenvalue weighted by atomic mass is 10.0. The smallest absolute Gasteiger partial charge is 0.341 e. The van der Waals surface area contributed by atoms with Crippen molar-refractivity contribution < 1.29 is 14.6 Å². The number of esters is 1. The van der Waals surface area contributed by atoms with Crippen molar-refractivity contribution >= 4 is 5.97 Å². The van der Waals surface area contributed by atoms with Crippen LogP contribution in [0.4, 0.5) is 0 Å². The lowest BCUT2D eigenvalue weighted by molar-refractivity contribution is 0.0523. The molecule has 17 heavy (non-hydrogen) atoms. The van der Waals surface area contributed by atoms with Gasteiger partial charge in [0.1, 0.15) is 11.3 Å². The van der Waals surface area contributed by atoms with Crippen molar-refractivity contribution in [2.45, 2.75) is 39.5 Å². The van der Waals surface area contributed by atoms with E-state index in [4.69, 9.17) is 4.74 Å². The van der Waals surface area contributed by atoms with Crippen LogP contribution in [0.15, 0.2) is 18.2 Å². The first-order valence-corrected chi connectivity index (χ1v) is 6.18. The Kier molecular flexibility index (Phi) is 5.53. The third kappa shape index (κ3) is 4.10. The van der Waals surface area contributed by atoms with Crippen molar-refractivity contribution in [3.63, 3.8) is 0 Å². The number of phenols is 1. The molecule has 0 spiro atoms. The van der Waals surface area contributed by atoms with Gasteiger partial charge in [0.2, 0.25) is 0 Å². The second-order valence-corrected chi connectivity index (χ2v) is 4.03. The Hall–Kier alpha value is -1.51. The maximum absolute atomic E-state index is 11.5. The van der Waals surface area contributed by atoms with Crippen molar-refractivity contribution in [2.24, 2.45) is 0 Å². The minimum Gasteiger partial charge on any atom is -0.507 e. The first kappa shape index (κ1) is 13.6. The number of carbonyl (C=O) groups is 1. The summed E-state index contributed by atoms with van der Waals surface area (Å²) < 4.78 is 4.85. The monoisotopic (exact) mass is 236 g/mol. The molecule has 0 aliphatic rings. The molecule has 0 unspecified atom stereocenters. The molecule has 0 bridgehead atoms. The Labute approximate surface area is 102 Å². The molecule has 0 saturated heterocycles. The van der Waals surface area contributed by atoms with Crippen molar-refractivity contribution in [1.29, 1.82) is 0 Å². The Balaban J connectivity index is 2.68. The molecular formula is C14H20O3. The maximum atomic E-state index is 11.5. The van der Waals surface area contributed by atoms with E-state index in [1.807, 2.05) is 6.07 Å². The molecule has 0 atom stereocenters. The van der Waals surface area contributed by atoms with E-state index in [-0.39, 0.29) is 11.3 Å². The number of hydrogen-bond acceptors (Lipinski definition) is 3. The quantitative estimate of drug-likeness (QED) is 0.609. The standard InChI is InChI=1S/C14H20O3/c1-3-5-6-7-11-8-9-12(13(15)10-11)14(16)17-4-2/h8-10,15H,3-7H2,1-2H3. The van der Waals surface area contributed by atoms with Gasteiger partial charge in [0.25, 0.3) is 0 Å². The number of benzene rings is 1. The summed E-state index contributed by atoms with van der Waals surface area (Å²) in [6.07, 6.45) is 4.40. The van der Waals surface area contributed by atoms with Crippen LogP contribution in [0.5, 0.6) is 5.75 Å². The molecular weight excluding hydrogens is 216 g/mol. The zero-order chi connectivity index (χ0) is 12.7. The molecule has 0 aliphatic carbocycles. The van der Waals surface area contributed by atoms with Gasteiger partial charge in [0, 0.05) is 0 Å². The largest absolute Gasteiger partial charge is 0.507 e. The van der Waals surface area contributed by atoms with Gasteiger partial charge in [0.05, 0.1) is 6.61 Å². The highest BCUT2D eigenvalue weighted by Crippen LogP contribution is 2.21. The van der Waals surface area contributed by atoms with E-state index in [9.17, 15) is 9.90 Å². The summed E-state index contributed by atoms with van der Waals surface area (Å²) in [4.78, 5) is 11.5. The lowest BCUT2D eigenvalue weighted by Crippen LogP contribution is -2.05. The molecule has 0 heterocycles. The van der Waals surface area contributed by atoms with Crippen molar-refractivity contribution in [3.05, 3.63) is 29.3 Å². The number of hydrogen-bond donors (Lipinski definition) is 1. The first-order chi connectivity index (χ1) is 8.19. The van der Waals surface area contributed by atoms with Gasteiger partial charge in [-0.15, -0.1) is 0 Å². The molecule has 1 N–H and O–H groups in total. The van der Waals surface area contributed by atoms with Gasteiger partial charge in [-0.05, 0) is 37.5 Å². The van der Waals surface area contributed by atoms with Gasteiger partial charge in [-0.25, -0.2) is 4.79 Å². The summed E-state index contributed by atoms with van der Waals surface area (Å²) in [6.45, 7) is 4.21. The number of aromatic hydroxyl groups is 1. The third-order valence-corrected chi connectivity index (χ3v) is 2.63. The number of unbranched alkanes of at least 4 members (excludes halogenated alkanes) is 2. The SMILES string of the molecule is CCCCCc1ccc(C(=O)OCC)c(O)c1. The predicted molar refractivity (Wildman–Crippen MR) is 67.3 cm³/mol. The topological polar surface area (TPSA) is 46.5 Å². The van der Waals surface area contributed by atoms with Crippen LogP contribution < -0.4 is 0 Å². The van der Waals surface area contributed by atoms with Crippen LogP contribution in [0.1, 0.15) is 49.0 Å². The minimum atomic E-state index is -0.467. The van der Waals surface area contributed by atoms with Crippen molar-refractivity contribution in [3.8, 4) is 5.75 Å². The molecule has 3 nitrogen and oxygen atoms in total. The molecule has 0 aromatic heterocycles. The van der Waals surface area contributed by atoms with Gasteiger partial charge >= 0.3 is 5.97 Å². The van der Waals surface area contributed by atoms with Gasteiger partial charge < -0.3 is 9.84 Å². The summed E-state index contributed by atoms with van der Waals surface area (Å²) in [5, 5.41) is 9.74. The van der Waals surface area contributed by atoms with E-state index < -0.39 is 5.97 Å². The van der Waals surface area contributed by atoms with Crippen molar-refractivity contribution in [1.82, 2.24) is 0 Å².